The van der Waals surface area contributed by atoms with Crippen LogP contribution in [0, 0.1) is 11.7 Å². The number of imidazole rings is 1. The van der Waals surface area contributed by atoms with E-state index in [2.05, 4.69) is 39.8 Å². The van der Waals surface area contributed by atoms with Crippen LogP contribution in [0.4, 0.5) is 22.0 Å². The van der Waals surface area contributed by atoms with Gasteiger partial charge in [-0.3, -0.25) is 4.57 Å². The summed E-state index contributed by atoms with van der Waals surface area (Å²) < 4.78 is 16.1. The van der Waals surface area contributed by atoms with Gasteiger partial charge in [-0.2, -0.15) is 4.98 Å². The third kappa shape index (κ3) is 4.82. The van der Waals surface area contributed by atoms with Gasteiger partial charge in [0.15, 0.2) is 5.65 Å². The van der Waals surface area contributed by atoms with Crippen LogP contribution in [0.5, 0.6) is 0 Å². The Morgan fingerprint density at radius 1 is 1.21 bits per heavy atom. The minimum atomic E-state index is -0.315. The zero-order valence-corrected chi connectivity index (χ0v) is 16.2. The average Bonchev–Trinajstić information content (AvgIpc) is 3.01. The van der Waals surface area contributed by atoms with Gasteiger partial charge in [0.25, 0.3) is 0 Å². The summed E-state index contributed by atoms with van der Waals surface area (Å²) in [7, 11) is 0. The van der Waals surface area contributed by atoms with Crippen molar-refractivity contribution in [3.8, 4) is 0 Å². The van der Waals surface area contributed by atoms with Crippen molar-refractivity contribution >= 4 is 28.7 Å². The van der Waals surface area contributed by atoms with Crippen LogP contribution in [0.25, 0.3) is 11.2 Å². The van der Waals surface area contributed by atoms with Crippen molar-refractivity contribution in [2.45, 2.75) is 46.7 Å². The lowest BCUT2D eigenvalue weighted by Gasteiger charge is -2.23. The van der Waals surface area contributed by atoms with Crippen LogP contribution >= 0.6 is 0 Å². The van der Waals surface area contributed by atoms with Gasteiger partial charge in [0, 0.05) is 12.6 Å². The number of benzene rings is 1. The quantitative estimate of drug-likeness (QED) is 0.577. The number of piperidine rings is 1. The molecule has 3 aromatic rings. The normalized spacial score (nSPS) is 14.8. The van der Waals surface area contributed by atoms with Gasteiger partial charge < -0.3 is 16.0 Å². The summed E-state index contributed by atoms with van der Waals surface area (Å²) in [6.45, 7) is 6.99. The van der Waals surface area contributed by atoms with Gasteiger partial charge in [-0.15, -0.1) is 0 Å². The fraction of sp³-hybridized carbons (Fsp3) is 0.476. The first kappa shape index (κ1) is 21.0. The Morgan fingerprint density at radius 2 is 1.97 bits per heavy atom. The molecular formula is C21H30FN7. The largest absolute Gasteiger partial charge is 0.351 e. The van der Waals surface area contributed by atoms with E-state index in [4.69, 9.17) is 4.98 Å². The van der Waals surface area contributed by atoms with Crippen molar-refractivity contribution in [3.63, 3.8) is 0 Å². The number of anilines is 3. The highest BCUT2D eigenvalue weighted by atomic mass is 19.1. The molecule has 4 rings (SSSR count). The molecule has 0 radical (unpaired) electrons. The van der Waals surface area contributed by atoms with Gasteiger partial charge in [-0.25, -0.2) is 14.4 Å². The van der Waals surface area contributed by atoms with Crippen molar-refractivity contribution in [1.82, 2.24) is 24.8 Å². The molecule has 0 spiro atoms. The third-order valence-electron chi connectivity index (χ3n) is 4.83. The number of fused-ring (bicyclic) bond motifs is 1. The maximum atomic E-state index is 14.1. The monoisotopic (exact) mass is 399 g/mol. The molecule has 2 aromatic heterocycles. The molecule has 156 valence electrons. The minimum Gasteiger partial charge on any atom is -0.351 e. The summed E-state index contributed by atoms with van der Waals surface area (Å²) in [5, 5.41) is 9.91. The highest BCUT2D eigenvalue weighted by Gasteiger charge is 2.18. The summed E-state index contributed by atoms with van der Waals surface area (Å²) in [5.74, 6) is 1.25. The Labute approximate surface area is 171 Å². The predicted octanol–water partition coefficient (Wildman–Crippen LogP) is 4.17. The number of rotatable bonds is 6. The van der Waals surface area contributed by atoms with E-state index in [1.807, 2.05) is 4.57 Å². The number of hydrogen-bond donors (Lipinski definition) is 3. The molecule has 7 nitrogen and oxygen atoms in total. The molecule has 0 saturated carbocycles. The van der Waals surface area contributed by atoms with E-state index in [9.17, 15) is 4.39 Å². The lowest BCUT2D eigenvalue weighted by Crippen LogP contribution is -2.35. The Morgan fingerprint density at radius 3 is 2.69 bits per heavy atom. The van der Waals surface area contributed by atoms with Crippen LogP contribution in [0.3, 0.4) is 0 Å². The summed E-state index contributed by atoms with van der Waals surface area (Å²) >= 11 is 0. The lowest BCUT2D eigenvalue weighted by molar-refractivity contribution is 0.477. The van der Waals surface area contributed by atoms with Crippen molar-refractivity contribution in [1.29, 1.82) is 0 Å². The molecule has 0 atom stereocenters. The topological polar surface area (TPSA) is 79.7 Å². The predicted molar refractivity (Wildman–Crippen MR) is 116 cm³/mol. The van der Waals surface area contributed by atoms with Crippen LogP contribution < -0.4 is 16.0 Å². The van der Waals surface area contributed by atoms with Gasteiger partial charge in [0.05, 0.1) is 11.9 Å². The minimum absolute atomic E-state index is 0. The standard InChI is InChI=1S/C20H26FN7.CH4/c1-13(2)12-28-18-17(26-20(28)25-16-6-4-3-5-15(16)21)11-23-19(27-18)24-14-7-9-22-10-8-14;/h3-6,11,13-14,22H,7-10,12H2,1-2H3,(H,25,26)(H,23,24,27);1H4. The number of hydrogen-bond acceptors (Lipinski definition) is 6. The van der Waals surface area contributed by atoms with E-state index in [1.54, 1.807) is 24.4 Å². The third-order valence-corrected chi connectivity index (χ3v) is 4.83. The Hall–Kier alpha value is -2.74. The van der Waals surface area contributed by atoms with Gasteiger partial charge in [0.1, 0.15) is 11.3 Å². The molecule has 0 amide bonds. The summed E-state index contributed by atoms with van der Waals surface area (Å²) in [4.78, 5) is 13.8. The molecule has 1 aliphatic heterocycles. The molecule has 0 aliphatic carbocycles. The number of nitrogens with zero attached hydrogens (tertiary/aromatic N) is 4. The first-order valence-electron chi connectivity index (χ1n) is 9.82. The Bertz CT molecular complexity index is 947. The lowest BCUT2D eigenvalue weighted by atomic mass is 10.1. The molecule has 3 heterocycles. The Balaban J connectivity index is 0.00000240. The van der Waals surface area contributed by atoms with Gasteiger partial charge in [-0.05, 0) is 44.0 Å². The molecular weight excluding hydrogens is 369 g/mol. The number of para-hydroxylation sites is 1. The summed E-state index contributed by atoms with van der Waals surface area (Å²) in [6.07, 6.45) is 3.83. The van der Waals surface area contributed by atoms with Gasteiger partial charge >= 0.3 is 0 Å². The van der Waals surface area contributed by atoms with Crippen molar-refractivity contribution in [2.75, 3.05) is 23.7 Å². The van der Waals surface area contributed by atoms with Crippen molar-refractivity contribution in [2.24, 2.45) is 5.92 Å². The highest BCUT2D eigenvalue weighted by Crippen LogP contribution is 2.25. The molecule has 0 bridgehead atoms. The molecule has 1 aromatic carbocycles. The average molecular weight is 400 g/mol. The van der Waals surface area contributed by atoms with Crippen LogP contribution in [-0.4, -0.2) is 38.7 Å². The van der Waals surface area contributed by atoms with Crippen LogP contribution in [0.2, 0.25) is 0 Å². The zero-order valence-electron chi connectivity index (χ0n) is 16.2. The molecule has 29 heavy (non-hydrogen) atoms. The molecule has 1 aliphatic rings. The van der Waals surface area contributed by atoms with Crippen molar-refractivity contribution in [3.05, 3.63) is 36.3 Å². The van der Waals surface area contributed by atoms with E-state index in [0.29, 0.717) is 35.1 Å². The van der Waals surface area contributed by atoms with Crippen LogP contribution in [0.1, 0.15) is 34.1 Å². The highest BCUT2D eigenvalue weighted by molar-refractivity contribution is 5.76. The van der Waals surface area contributed by atoms with E-state index in [1.165, 1.54) is 6.07 Å². The molecule has 8 heteroatoms. The number of nitrogens with one attached hydrogen (secondary N) is 3. The van der Waals surface area contributed by atoms with Crippen LogP contribution in [-0.2, 0) is 6.54 Å². The fourth-order valence-corrected chi connectivity index (χ4v) is 3.45. The van der Waals surface area contributed by atoms with E-state index in [0.717, 1.165) is 38.1 Å². The molecule has 1 saturated heterocycles. The number of aromatic nitrogens is 4. The molecule has 0 unspecified atom stereocenters. The summed E-state index contributed by atoms with van der Waals surface area (Å²) in [6, 6.07) is 6.96. The summed E-state index contributed by atoms with van der Waals surface area (Å²) in [5.41, 5.74) is 1.83. The maximum absolute atomic E-state index is 14.1. The maximum Gasteiger partial charge on any atom is 0.224 e. The van der Waals surface area contributed by atoms with E-state index >= 15 is 0 Å². The first-order chi connectivity index (χ1) is 13.6. The second-order valence-corrected chi connectivity index (χ2v) is 7.62. The second kappa shape index (κ2) is 9.17. The smallest absolute Gasteiger partial charge is 0.224 e. The van der Waals surface area contributed by atoms with Crippen molar-refractivity contribution < 1.29 is 4.39 Å². The zero-order chi connectivity index (χ0) is 19.5. The number of halogens is 1. The van der Waals surface area contributed by atoms with Gasteiger partial charge in [-0.1, -0.05) is 33.4 Å². The van der Waals surface area contributed by atoms with E-state index < -0.39 is 0 Å². The fourth-order valence-electron chi connectivity index (χ4n) is 3.45. The van der Waals surface area contributed by atoms with Crippen LogP contribution in [0.15, 0.2) is 30.5 Å². The van der Waals surface area contributed by atoms with Gasteiger partial charge in [0.2, 0.25) is 11.9 Å². The van der Waals surface area contributed by atoms with E-state index in [-0.39, 0.29) is 13.2 Å². The Kier molecular flexibility index (Phi) is 6.64. The first-order valence-corrected chi connectivity index (χ1v) is 9.82. The SMILES string of the molecule is C.CC(C)Cn1c(Nc2ccccc2F)nc2cnc(NC3CCNCC3)nc21. The molecule has 1 fully saturated rings. The molecule has 3 N–H and O–H groups in total. The second-order valence-electron chi connectivity index (χ2n) is 7.62.